The third-order valence-electron chi connectivity index (χ3n) is 4.94. The molecule has 0 fully saturated rings. The van der Waals surface area contributed by atoms with E-state index in [-0.39, 0.29) is 17.5 Å². The molecule has 3 aromatic carbocycles. The van der Waals surface area contributed by atoms with Gasteiger partial charge in [0.15, 0.2) is 0 Å². The molecule has 0 saturated heterocycles. The number of halogens is 3. The highest BCUT2D eigenvalue weighted by Gasteiger charge is 2.31. The Labute approximate surface area is 178 Å². The Morgan fingerprint density at radius 2 is 1.64 bits per heavy atom. The van der Waals surface area contributed by atoms with Crippen molar-refractivity contribution < 1.29 is 4.79 Å². The average Bonchev–Trinajstić information content (AvgIpc) is 2.69. The molecule has 2 unspecified atom stereocenters. The number of urea groups is 1. The predicted molar refractivity (Wildman–Crippen MR) is 116 cm³/mol. The maximum Gasteiger partial charge on any atom is 0.322 e. The first-order valence-electron chi connectivity index (χ1n) is 8.76. The van der Waals surface area contributed by atoms with Crippen molar-refractivity contribution in [3.05, 3.63) is 99.0 Å². The van der Waals surface area contributed by atoms with Gasteiger partial charge in [0.1, 0.15) is 0 Å². The zero-order chi connectivity index (χ0) is 19.8. The van der Waals surface area contributed by atoms with Crippen LogP contribution >= 0.6 is 34.8 Å². The monoisotopic (exact) mass is 430 g/mol. The number of nitrogens with one attached hydrogen (secondary N) is 1. The lowest BCUT2D eigenvalue weighted by atomic mass is 9.91. The molecule has 0 radical (unpaired) electrons. The van der Waals surface area contributed by atoms with Crippen LogP contribution in [0.2, 0.25) is 10.0 Å². The van der Waals surface area contributed by atoms with Crippen molar-refractivity contribution in [1.29, 1.82) is 0 Å². The second-order valence-electron chi connectivity index (χ2n) is 6.76. The topological polar surface area (TPSA) is 32.3 Å². The number of rotatable bonds is 3. The zero-order valence-electron chi connectivity index (χ0n) is 15.0. The van der Waals surface area contributed by atoms with Gasteiger partial charge in [-0.25, -0.2) is 4.79 Å². The number of amides is 2. The van der Waals surface area contributed by atoms with Crippen LogP contribution in [-0.2, 0) is 0 Å². The number of benzene rings is 3. The molecule has 28 heavy (non-hydrogen) atoms. The molecule has 1 heterocycles. The fourth-order valence-electron chi connectivity index (χ4n) is 3.51. The molecule has 0 aliphatic carbocycles. The first-order valence-corrected chi connectivity index (χ1v) is 9.96. The summed E-state index contributed by atoms with van der Waals surface area (Å²) in [5.74, 6) is 0. The molecule has 0 spiro atoms. The predicted octanol–water partition coefficient (Wildman–Crippen LogP) is 6.89. The molecule has 0 bridgehead atoms. The van der Waals surface area contributed by atoms with Gasteiger partial charge in [-0.2, -0.15) is 0 Å². The van der Waals surface area contributed by atoms with Crippen molar-refractivity contribution in [2.24, 2.45) is 0 Å². The van der Waals surface area contributed by atoms with E-state index in [1.807, 2.05) is 66.7 Å². The Morgan fingerprint density at radius 1 is 0.929 bits per heavy atom. The van der Waals surface area contributed by atoms with Gasteiger partial charge < -0.3 is 10.2 Å². The minimum atomic E-state index is -0.328. The van der Waals surface area contributed by atoms with Gasteiger partial charge in [-0.05, 0) is 53.1 Å². The Bertz CT molecular complexity index is 1040. The van der Waals surface area contributed by atoms with E-state index in [2.05, 4.69) is 5.32 Å². The zero-order valence-corrected chi connectivity index (χ0v) is 17.3. The van der Waals surface area contributed by atoms with E-state index in [1.54, 1.807) is 11.9 Å². The second-order valence-corrected chi connectivity index (χ2v) is 8.07. The van der Waals surface area contributed by atoms with E-state index in [4.69, 9.17) is 34.8 Å². The molecule has 3 aromatic rings. The molecule has 1 aliphatic heterocycles. The van der Waals surface area contributed by atoms with Crippen molar-refractivity contribution in [1.82, 2.24) is 4.90 Å². The molecule has 0 aromatic heterocycles. The lowest BCUT2D eigenvalue weighted by molar-refractivity contribution is 0.209. The van der Waals surface area contributed by atoms with Crippen molar-refractivity contribution in [2.75, 3.05) is 12.4 Å². The number of nitrogens with zero attached hydrogens (tertiary/aromatic N) is 1. The molecule has 1 aliphatic rings. The highest BCUT2D eigenvalue weighted by molar-refractivity contribution is 6.31. The van der Waals surface area contributed by atoms with Crippen molar-refractivity contribution in [3.8, 4) is 0 Å². The normalized spacial score (nSPS) is 17.1. The number of hydrogen-bond donors (Lipinski definition) is 1. The minimum absolute atomic E-state index is 0.162. The Kier molecular flexibility index (Phi) is 5.24. The summed E-state index contributed by atoms with van der Waals surface area (Å²) in [4.78, 5) is 14.1. The fourth-order valence-corrected chi connectivity index (χ4v) is 4.12. The molecule has 2 atom stereocenters. The lowest BCUT2D eigenvalue weighted by Crippen LogP contribution is -2.40. The van der Waals surface area contributed by atoms with E-state index in [0.29, 0.717) is 10.0 Å². The van der Waals surface area contributed by atoms with Crippen LogP contribution in [0, 0.1) is 0 Å². The highest BCUT2D eigenvalue weighted by atomic mass is 35.5. The summed E-state index contributed by atoms with van der Waals surface area (Å²) in [5, 5.41) is 3.90. The maximum atomic E-state index is 12.4. The Hall–Kier alpha value is -2.20. The summed E-state index contributed by atoms with van der Waals surface area (Å²) in [6.07, 6.45) is 0. The summed E-state index contributed by atoms with van der Waals surface area (Å²) in [7, 11) is 1.77. The fraction of sp³-hybridized carbons (Fsp3) is 0.136. The number of alkyl halides is 1. The van der Waals surface area contributed by atoms with Gasteiger partial charge in [-0.15, -0.1) is 11.6 Å². The van der Waals surface area contributed by atoms with Crippen LogP contribution in [0.3, 0.4) is 0 Å². The van der Waals surface area contributed by atoms with Crippen molar-refractivity contribution in [3.63, 3.8) is 0 Å². The molecule has 4 rings (SSSR count). The molecule has 142 valence electrons. The summed E-state index contributed by atoms with van der Waals surface area (Å²) in [6.45, 7) is 0. The summed E-state index contributed by atoms with van der Waals surface area (Å²) in [5.41, 5.74) is 4.59. The summed E-state index contributed by atoms with van der Waals surface area (Å²) < 4.78 is 0. The average molecular weight is 432 g/mol. The van der Waals surface area contributed by atoms with Crippen LogP contribution in [0.5, 0.6) is 0 Å². The Balaban J connectivity index is 1.79. The van der Waals surface area contributed by atoms with Gasteiger partial charge in [0.05, 0.1) is 11.4 Å². The van der Waals surface area contributed by atoms with Crippen molar-refractivity contribution >= 4 is 46.5 Å². The van der Waals surface area contributed by atoms with Crippen LogP contribution in [0.1, 0.15) is 33.7 Å². The number of fused-ring (bicyclic) bond motifs is 1. The number of anilines is 1. The van der Waals surface area contributed by atoms with Crippen LogP contribution in [0.4, 0.5) is 10.5 Å². The molecule has 1 N–H and O–H groups in total. The largest absolute Gasteiger partial charge is 0.322 e. The van der Waals surface area contributed by atoms with E-state index in [9.17, 15) is 4.79 Å². The molecular weight excluding hydrogens is 415 g/mol. The summed E-state index contributed by atoms with van der Waals surface area (Å²) >= 11 is 18.9. The van der Waals surface area contributed by atoms with Crippen molar-refractivity contribution in [2.45, 2.75) is 11.4 Å². The van der Waals surface area contributed by atoms with Crippen LogP contribution < -0.4 is 5.32 Å². The smallest absolute Gasteiger partial charge is 0.316 e. The minimum Gasteiger partial charge on any atom is -0.316 e. The quantitative estimate of drug-likeness (QED) is 0.450. The number of carbonyl (C=O) groups is 1. The third kappa shape index (κ3) is 3.58. The van der Waals surface area contributed by atoms with Gasteiger partial charge >= 0.3 is 6.03 Å². The molecule has 0 saturated carbocycles. The van der Waals surface area contributed by atoms with Crippen LogP contribution in [-0.4, -0.2) is 18.0 Å². The van der Waals surface area contributed by atoms with E-state index >= 15 is 0 Å². The third-order valence-corrected chi connectivity index (χ3v) is 5.93. The standard InChI is InChI=1S/C22H17Cl3N2O/c1-27-21(15-3-2-4-17(24)11-15)18-12-14(7-10-19(18)26-22(27)28)20(25)13-5-8-16(23)9-6-13/h2-12,20-21H,1H3,(H,26,28). The highest BCUT2D eigenvalue weighted by Crippen LogP contribution is 2.40. The first kappa shape index (κ1) is 19.1. The number of hydrogen-bond acceptors (Lipinski definition) is 1. The van der Waals surface area contributed by atoms with Gasteiger partial charge in [0.25, 0.3) is 0 Å². The van der Waals surface area contributed by atoms with Gasteiger partial charge in [-0.3, -0.25) is 0 Å². The SMILES string of the molecule is CN1C(=O)Nc2ccc(C(Cl)c3ccc(Cl)cc3)cc2C1c1cccc(Cl)c1. The maximum absolute atomic E-state index is 12.4. The van der Waals surface area contributed by atoms with Gasteiger partial charge in [-0.1, -0.05) is 53.5 Å². The molecule has 2 amide bonds. The number of carbonyl (C=O) groups excluding carboxylic acids is 1. The van der Waals surface area contributed by atoms with Gasteiger partial charge in [0, 0.05) is 28.3 Å². The summed E-state index contributed by atoms with van der Waals surface area (Å²) in [6, 6.07) is 20.5. The van der Waals surface area contributed by atoms with Crippen LogP contribution in [0.15, 0.2) is 66.7 Å². The van der Waals surface area contributed by atoms with Gasteiger partial charge in [0.2, 0.25) is 0 Å². The van der Waals surface area contributed by atoms with E-state index in [0.717, 1.165) is 27.9 Å². The molecule has 3 nitrogen and oxygen atoms in total. The Morgan fingerprint density at radius 3 is 2.36 bits per heavy atom. The lowest BCUT2D eigenvalue weighted by Gasteiger charge is -2.35. The second kappa shape index (κ2) is 7.67. The van der Waals surface area contributed by atoms with E-state index < -0.39 is 0 Å². The first-order chi connectivity index (χ1) is 13.4. The molecule has 6 heteroatoms. The van der Waals surface area contributed by atoms with Crippen LogP contribution in [0.25, 0.3) is 0 Å². The van der Waals surface area contributed by atoms with E-state index in [1.165, 1.54) is 0 Å². The molecular formula is C22H17Cl3N2O.